The van der Waals surface area contributed by atoms with Gasteiger partial charge in [0.25, 0.3) is 11.8 Å². The molecule has 6 nitrogen and oxygen atoms in total. The van der Waals surface area contributed by atoms with Crippen LogP contribution in [0.25, 0.3) is 0 Å². The molecule has 2 aliphatic rings. The van der Waals surface area contributed by atoms with Crippen molar-refractivity contribution in [3.63, 3.8) is 0 Å². The Labute approximate surface area is 112 Å². The third-order valence-corrected chi connectivity index (χ3v) is 3.34. The van der Waals surface area contributed by atoms with Gasteiger partial charge in [-0.3, -0.25) is 19.8 Å². The van der Waals surface area contributed by atoms with Crippen LogP contribution in [0.2, 0.25) is 0 Å². The van der Waals surface area contributed by atoms with Gasteiger partial charge in [-0.05, 0) is 18.2 Å². The lowest BCUT2D eigenvalue weighted by molar-refractivity contribution is -0.133. The molecule has 20 heavy (non-hydrogen) atoms. The highest BCUT2D eigenvalue weighted by molar-refractivity contribution is 6.27. The van der Waals surface area contributed by atoms with E-state index in [9.17, 15) is 18.8 Å². The monoisotopic (exact) mass is 273 g/mol. The summed E-state index contributed by atoms with van der Waals surface area (Å²) in [5.74, 6) is 0.147. The van der Waals surface area contributed by atoms with Gasteiger partial charge in [0, 0.05) is 5.56 Å². The lowest BCUT2D eigenvalue weighted by atomic mass is 9.91. The van der Waals surface area contributed by atoms with Gasteiger partial charge in [0.15, 0.2) is 0 Å². The van der Waals surface area contributed by atoms with Crippen LogP contribution in [0.1, 0.15) is 5.56 Å². The van der Waals surface area contributed by atoms with Crippen LogP contribution in [-0.4, -0.2) is 24.4 Å². The fraction of sp³-hybridized carbons (Fsp3) is 0.154. The highest BCUT2D eigenvalue weighted by Gasteiger charge is 2.61. The summed E-state index contributed by atoms with van der Waals surface area (Å²) in [6.07, 6.45) is 5.20. The Morgan fingerprint density at radius 3 is 2.70 bits per heavy atom. The van der Waals surface area contributed by atoms with Crippen molar-refractivity contribution in [2.45, 2.75) is 5.54 Å². The highest BCUT2D eigenvalue weighted by Crippen LogP contribution is 2.42. The first-order valence-corrected chi connectivity index (χ1v) is 5.70. The molecule has 3 rings (SSSR count). The Hall–Kier alpha value is -2.88. The third-order valence-electron chi connectivity index (χ3n) is 3.34. The SMILES string of the molecule is C#CCN1C(=O)C2(NC(=O)NC2=O)c2cc(F)ccc21. The van der Waals surface area contributed by atoms with E-state index < -0.39 is 29.2 Å². The van der Waals surface area contributed by atoms with Gasteiger partial charge < -0.3 is 5.32 Å². The molecular weight excluding hydrogens is 265 g/mol. The van der Waals surface area contributed by atoms with Gasteiger partial charge in [0.05, 0.1) is 12.2 Å². The summed E-state index contributed by atoms with van der Waals surface area (Å²) in [5, 5.41) is 4.27. The molecule has 1 fully saturated rings. The van der Waals surface area contributed by atoms with Crippen LogP contribution in [0.4, 0.5) is 14.9 Å². The fourth-order valence-electron chi connectivity index (χ4n) is 2.51. The molecule has 0 aliphatic carbocycles. The van der Waals surface area contributed by atoms with Crippen molar-refractivity contribution < 1.29 is 18.8 Å². The van der Waals surface area contributed by atoms with Crippen LogP contribution in [0.5, 0.6) is 0 Å². The van der Waals surface area contributed by atoms with Gasteiger partial charge in [-0.15, -0.1) is 6.42 Å². The van der Waals surface area contributed by atoms with Crippen molar-refractivity contribution in [3.8, 4) is 12.3 Å². The predicted octanol–water partition coefficient (Wildman–Crippen LogP) is -0.160. The average Bonchev–Trinajstić information content (AvgIpc) is 2.81. The van der Waals surface area contributed by atoms with Crippen molar-refractivity contribution in [2.24, 2.45) is 0 Å². The number of carbonyl (C=O) groups excluding carboxylic acids is 3. The molecule has 1 saturated heterocycles. The van der Waals surface area contributed by atoms with E-state index in [1.54, 1.807) is 0 Å². The Morgan fingerprint density at radius 1 is 1.35 bits per heavy atom. The lowest BCUT2D eigenvalue weighted by Crippen LogP contribution is -2.52. The standard InChI is InChI=1S/C13H8FN3O3/c1-2-5-17-9-4-3-7(14)6-8(9)13(11(17)19)10(18)15-12(20)16-13/h1,3-4,6H,5H2,(H2,15,16,18,20). The number of rotatable bonds is 1. The number of nitrogens with one attached hydrogen (secondary N) is 2. The normalized spacial score (nSPS) is 23.6. The number of hydrogen-bond acceptors (Lipinski definition) is 3. The number of amides is 4. The maximum Gasteiger partial charge on any atom is 0.323 e. The van der Waals surface area contributed by atoms with Crippen molar-refractivity contribution >= 4 is 23.5 Å². The topological polar surface area (TPSA) is 78.5 Å². The maximum atomic E-state index is 13.4. The van der Waals surface area contributed by atoms with Crippen molar-refractivity contribution in [1.29, 1.82) is 0 Å². The first-order chi connectivity index (χ1) is 9.50. The Balaban J connectivity index is 2.26. The van der Waals surface area contributed by atoms with Crippen LogP contribution in [-0.2, 0) is 15.1 Å². The minimum Gasteiger partial charge on any atom is -0.312 e. The molecule has 0 radical (unpaired) electrons. The summed E-state index contributed by atoms with van der Waals surface area (Å²) in [6, 6.07) is 2.76. The number of anilines is 1. The predicted molar refractivity (Wildman–Crippen MR) is 65.9 cm³/mol. The van der Waals surface area contributed by atoms with Crippen LogP contribution in [0.15, 0.2) is 18.2 Å². The minimum atomic E-state index is -1.93. The number of terminal acetylenes is 1. The second-order valence-corrected chi connectivity index (χ2v) is 4.42. The summed E-state index contributed by atoms with van der Waals surface area (Å²) in [4.78, 5) is 37.0. The summed E-state index contributed by atoms with van der Waals surface area (Å²) in [5.41, 5.74) is -1.53. The molecule has 1 spiro atoms. The van der Waals surface area contributed by atoms with E-state index >= 15 is 0 Å². The van der Waals surface area contributed by atoms with Crippen molar-refractivity contribution in [1.82, 2.24) is 10.6 Å². The number of nitrogens with zero attached hydrogens (tertiary/aromatic N) is 1. The first-order valence-electron chi connectivity index (χ1n) is 5.70. The molecule has 2 heterocycles. The second kappa shape index (κ2) is 3.81. The van der Waals surface area contributed by atoms with Gasteiger partial charge in [-0.2, -0.15) is 0 Å². The second-order valence-electron chi connectivity index (χ2n) is 4.42. The van der Waals surface area contributed by atoms with E-state index in [2.05, 4.69) is 11.2 Å². The number of carbonyl (C=O) groups is 3. The molecule has 1 unspecified atom stereocenters. The molecule has 4 amide bonds. The molecule has 1 atom stereocenters. The summed E-state index contributed by atoms with van der Waals surface area (Å²) >= 11 is 0. The number of imide groups is 1. The number of fused-ring (bicyclic) bond motifs is 2. The highest BCUT2D eigenvalue weighted by atomic mass is 19.1. The average molecular weight is 273 g/mol. The third kappa shape index (κ3) is 1.30. The van der Waals surface area contributed by atoms with Crippen LogP contribution >= 0.6 is 0 Å². The summed E-state index contributed by atoms with van der Waals surface area (Å²) in [6.45, 7) is -0.0810. The molecule has 0 bridgehead atoms. The number of hydrogen-bond donors (Lipinski definition) is 2. The molecule has 100 valence electrons. The van der Waals surface area contributed by atoms with Crippen LogP contribution in [0.3, 0.4) is 0 Å². The molecule has 2 aliphatic heterocycles. The number of benzene rings is 1. The molecule has 0 saturated carbocycles. The first kappa shape index (κ1) is 12.2. The van der Waals surface area contributed by atoms with Crippen LogP contribution < -0.4 is 15.5 Å². The van der Waals surface area contributed by atoms with Gasteiger partial charge in [-0.25, -0.2) is 9.18 Å². The molecule has 0 aromatic heterocycles. The zero-order valence-electron chi connectivity index (χ0n) is 10.1. The number of halogens is 1. The largest absolute Gasteiger partial charge is 0.323 e. The maximum absolute atomic E-state index is 13.4. The summed E-state index contributed by atoms with van der Waals surface area (Å²) < 4.78 is 13.4. The lowest BCUT2D eigenvalue weighted by Gasteiger charge is -2.19. The molecule has 7 heteroatoms. The van der Waals surface area contributed by atoms with E-state index in [1.165, 1.54) is 11.0 Å². The Bertz CT molecular complexity index is 709. The van der Waals surface area contributed by atoms with Gasteiger partial charge in [-0.1, -0.05) is 5.92 Å². The Kier molecular flexibility index (Phi) is 2.32. The van der Waals surface area contributed by atoms with E-state index in [0.29, 0.717) is 5.69 Å². The smallest absolute Gasteiger partial charge is 0.312 e. The van der Waals surface area contributed by atoms with Gasteiger partial charge >= 0.3 is 6.03 Å². The summed E-state index contributed by atoms with van der Waals surface area (Å²) in [7, 11) is 0. The Morgan fingerprint density at radius 2 is 2.10 bits per heavy atom. The van der Waals surface area contributed by atoms with Gasteiger partial charge in [0.2, 0.25) is 5.54 Å². The zero-order chi connectivity index (χ0) is 14.5. The zero-order valence-corrected chi connectivity index (χ0v) is 10.1. The van der Waals surface area contributed by atoms with E-state index in [4.69, 9.17) is 6.42 Å². The minimum absolute atomic E-state index is 0.0810. The molecule has 1 aromatic rings. The number of urea groups is 1. The van der Waals surface area contributed by atoms with E-state index in [-0.39, 0.29) is 12.1 Å². The van der Waals surface area contributed by atoms with Crippen molar-refractivity contribution in [3.05, 3.63) is 29.6 Å². The molecular formula is C13H8FN3O3. The van der Waals surface area contributed by atoms with Crippen LogP contribution in [0, 0.1) is 18.2 Å². The van der Waals surface area contributed by atoms with Gasteiger partial charge in [0.1, 0.15) is 5.82 Å². The van der Waals surface area contributed by atoms with E-state index in [1.807, 2.05) is 5.32 Å². The van der Waals surface area contributed by atoms with Crippen molar-refractivity contribution in [2.75, 3.05) is 11.4 Å². The fourth-order valence-corrected chi connectivity index (χ4v) is 2.51. The quantitative estimate of drug-likeness (QED) is 0.424. The van der Waals surface area contributed by atoms with E-state index in [0.717, 1.165) is 12.1 Å². The molecule has 1 aromatic carbocycles. The molecule has 2 N–H and O–H groups in total.